The molecule has 98 valence electrons. The Morgan fingerprint density at radius 1 is 1.28 bits per heavy atom. The normalized spacial score (nSPS) is 17.7. The van der Waals surface area contributed by atoms with Crippen LogP contribution in [0, 0.1) is 0 Å². The monoisotopic (exact) mass is 251 g/mol. The lowest BCUT2D eigenvalue weighted by molar-refractivity contribution is -0.133. The van der Waals surface area contributed by atoms with E-state index in [4.69, 9.17) is 10.2 Å². The first-order valence-corrected chi connectivity index (χ1v) is 5.96. The van der Waals surface area contributed by atoms with Gasteiger partial charge < -0.3 is 20.0 Å². The Labute approximate surface area is 105 Å². The van der Waals surface area contributed by atoms with Crippen molar-refractivity contribution in [3.63, 3.8) is 0 Å². The minimum atomic E-state index is -0.489. The quantitative estimate of drug-likeness (QED) is 0.796. The molecule has 2 rings (SSSR count). The van der Waals surface area contributed by atoms with Gasteiger partial charge in [-0.15, -0.1) is 0 Å². The summed E-state index contributed by atoms with van der Waals surface area (Å²) in [5.74, 6) is 0.134. The SMILES string of the molecule is C[C@@H](N)C(=O)N1CCN(C(=O)c2ccco2)CC1. The molecule has 1 saturated heterocycles. The van der Waals surface area contributed by atoms with Crippen LogP contribution in [0.15, 0.2) is 22.8 Å². The van der Waals surface area contributed by atoms with Crippen LogP contribution in [0.5, 0.6) is 0 Å². The molecule has 1 fully saturated rings. The average molecular weight is 251 g/mol. The first-order valence-electron chi connectivity index (χ1n) is 5.96. The smallest absolute Gasteiger partial charge is 0.289 e. The summed E-state index contributed by atoms with van der Waals surface area (Å²) in [4.78, 5) is 27.0. The number of furan rings is 1. The molecule has 1 aromatic rings. The minimum absolute atomic E-state index is 0.0694. The van der Waals surface area contributed by atoms with Gasteiger partial charge in [-0.3, -0.25) is 9.59 Å². The van der Waals surface area contributed by atoms with Gasteiger partial charge in [-0.05, 0) is 19.1 Å². The van der Waals surface area contributed by atoms with Gasteiger partial charge in [-0.1, -0.05) is 0 Å². The lowest BCUT2D eigenvalue weighted by Gasteiger charge is -2.35. The summed E-state index contributed by atoms with van der Waals surface area (Å²) in [6.07, 6.45) is 1.48. The maximum absolute atomic E-state index is 12.0. The molecule has 2 amide bonds. The van der Waals surface area contributed by atoms with Crippen LogP contribution in [-0.4, -0.2) is 53.8 Å². The number of rotatable bonds is 2. The molecule has 2 N–H and O–H groups in total. The fraction of sp³-hybridized carbons (Fsp3) is 0.500. The van der Waals surface area contributed by atoms with Gasteiger partial charge in [0.25, 0.3) is 5.91 Å². The van der Waals surface area contributed by atoms with E-state index in [-0.39, 0.29) is 11.8 Å². The van der Waals surface area contributed by atoms with Crippen LogP contribution < -0.4 is 5.73 Å². The Kier molecular flexibility index (Phi) is 3.66. The summed E-state index contributed by atoms with van der Waals surface area (Å²) in [6, 6.07) is 2.84. The largest absolute Gasteiger partial charge is 0.459 e. The number of hydrogen-bond acceptors (Lipinski definition) is 4. The van der Waals surface area contributed by atoms with Crippen molar-refractivity contribution in [1.29, 1.82) is 0 Å². The molecule has 0 unspecified atom stereocenters. The van der Waals surface area contributed by atoms with E-state index in [1.54, 1.807) is 28.9 Å². The average Bonchev–Trinajstić information content (AvgIpc) is 2.91. The maximum atomic E-state index is 12.0. The van der Waals surface area contributed by atoms with Crippen LogP contribution in [0.4, 0.5) is 0 Å². The fourth-order valence-corrected chi connectivity index (χ4v) is 1.97. The Morgan fingerprint density at radius 3 is 2.39 bits per heavy atom. The summed E-state index contributed by atoms with van der Waals surface area (Å²) in [6.45, 7) is 3.73. The number of nitrogens with zero attached hydrogens (tertiary/aromatic N) is 2. The van der Waals surface area contributed by atoms with Crippen LogP contribution in [0.25, 0.3) is 0 Å². The molecule has 18 heavy (non-hydrogen) atoms. The first-order chi connectivity index (χ1) is 8.59. The van der Waals surface area contributed by atoms with E-state index >= 15 is 0 Å². The van der Waals surface area contributed by atoms with Crippen LogP contribution >= 0.6 is 0 Å². The molecular formula is C12H17N3O3. The zero-order chi connectivity index (χ0) is 13.1. The maximum Gasteiger partial charge on any atom is 0.289 e. The van der Waals surface area contributed by atoms with Gasteiger partial charge in [-0.2, -0.15) is 0 Å². The van der Waals surface area contributed by atoms with Gasteiger partial charge in [0.05, 0.1) is 12.3 Å². The van der Waals surface area contributed by atoms with Crippen LogP contribution in [-0.2, 0) is 4.79 Å². The third-order valence-corrected chi connectivity index (χ3v) is 3.00. The Morgan fingerprint density at radius 2 is 1.89 bits per heavy atom. The van der Waals surface area contributed by atoms with Crippen molar-refractivity contribution < 1.29 is 14.0 Å². The van der Waals surface area contributed by atoms with Gasteiger partial charge in [0.1, 0.15) is 0 Å². The topological polar surface area (TPSA) is 79.8 Å². The molecule has 6 heteroatoms. The second-order valence-corrected chi connectivity index (χ2v) is 4.38. The summed E-state index contributed by atoms with van der Waals surface area (Å²) in [7, 11) is 0. The van der Waals surface area contributed by atoms with Gasteiger partial charge >= 0.3 is 0 Å². The zero-order valence-corrected chi connectivity index (χ0v) is 10.3. The first kappa shape index (κ1) is 12.6. The van der Waals surface area contributed by atoms with E-state index < -0.39 is 6.04 Å². The summed E-state index contributed by atoms with van der Waals surface area (Å²) < 4.78 is 5.07. The third-order valence-electron chi connectivity index (χ3n) is 3.00. The Hall–Kier alpha value is -1.82. The molecule has 2 heterocycles. The number of carbonyl (C=O) groups excluding carboxylic acids is 2. The molecule has 0 spiro atoms. The molecular weight excluding hydrogens is 234 g/mol. The van der Waals surface area contributed by atoms with Gasteiger partial charge in [0.2, 0.25) is 5.91 Å². The van der Waals surface area contributed by atoms with Crippen molar-refractivity contribution in [2.75, 3.05) is 26.2 Å². The lowest BCUT2D eigenvalue weighted by atomic mass is 10.2. The molecule has 0 saturated carbocycles. The Balaban J connectivity index is 1.91. The molecule has 1 aromatic heterocycles. The van der Waals surface area contributed by atoms with E-state index in [1.165, 1.54) is 6.26 Å². The highest BCUT2D eigenvalue weighted by Crippen LogP contribution is 2.09. The minimum Gasteiger partial charge on any atom is -0.459 e. The van der Waals surface area contributed by atoms with Crippen LogP contribution in [0.1, 0.15) is 17.5 Å². The number of piperazine rings is 1. The van der Waals surface area contributed by atoms with Gasteiger partial charge in [-0.25, -0.2) is 0 Å². The van der Waals surface area contributed by atoms with Crippen molar-refractivity contribution in [2.45, 2.75) is 13.0 Å². The molecule has 0 aliphatic carbocycles. The molecule has 1 atom stereocenters. The zero-order valence-electron chi connectivity index (χ0n) is 10.3. The number of carbonyl (C=O) groups is 2. The van der Waals surface area contributed by atoms with E-state index in [0.717, 1.165) is 0 Å². The van der Waals surface area contributed by atoms with Crippen LogP contribution in [0.3, 0.4) is 0 Å². The fourth-order valence-electron chi connectivity index (χ4n) is 1.97. The van der Waals surface area contributed by atoms with E-state index in [9.17, 15) is 9.59 Å². The number of nitrogens with two attached hydrogens (primary N) is 1. The molecule has 0 aromatic carbocycles. The predicted molar refractivity (Wildman–Crippen MR) is 64.8 cm³/mol. The molecule has 0 radical (unpaired) electrons. The molecule has 1 aliphatic heterocycles. The summed E-state index contributed by atoms with van der Waals surface area (Å²) in [5.41, 5.74) is 5.55. The lowest BCUT2D eigenvalue weighted by Crippen LogP contribution is -2.53. The summed E-state index contributed by atoms with van der Waals surface area (Å²) in [5, 5.41) is 0. The molecule has 1 aliphatic rings. The van der Waals surface area contributed by atoms with E-state index in [0.29, 0.717) is 31.9 Å². The van der Waals surface area contributed by atoms with E-state index in [2.05, 4.69) is 0 Å². The predicted octanol–water partition coefficient (Wildman–Crippen LogP) is -0.0888. The second kappa shape index (κ2) is 5.22. The van der Waals surface area contributed by atoms with Crippen molar-refractivity contribution >= 4 is 11.8 Å². The summed E-state index contributed by atoms with van der Waals surface area (Å²) >= 11 is 0. The highest BCUT2D eigenvalue weighted by molar-refractivity contribution is 5.91. The highest BCUT2D eigenvalue weighted by Gasteiger charge is 2.26. The second-order valence-electron chi connectivity index (χ2n) is 4.38. The van der Waals surface area contributed by atoms with Crippen LogP contribution in [0.2, 0.25) is 0 Å². The van der Waals surface area contributed by atoms with Gasteiger partial charge in [0.15, 0.2) is 5.76 Å². The van der Waals surface area contributed by atoms with Crippen molar-refractivity contribution in [2.24, 2.45) is 5.73 Å². The Bertz CT molecular complexity index is 420. The number of hydrogen-bond donors (Lipinski definition) is 1. The molecule has 0 bridgehead atoms. The standard InChI is InChI=1S/C12H17N3O3/c1-9(13)11(16)14-4-6-15(7-5-14)12(17)10-3-2-8-18-10/h2-3,8-9H,4-7,13H2,1H3/t9-/m1/s1. The van der Waals surface area contributed by atoms with E-state index in [1.807, 2.05) is 0 Å². The third kappa shape index (κ3) is 2.53. The van der Waals surface area contributed by atoms with Crippen molar-refractivity contribution in [1.82, 2.24) is 9.80 Å². The highest BCUT2D eigenvalue weighted by atomic mass is 16.3. The van der Waals surface area contributed by atoms with Gasteiger partial charge in [0, 0.05) is 26.2 Å². The number of amides is 2. The van der Waals surface area contributed by atoms with Crippen molar-refractivity contribution in [3.05, 3.63) is 24.2 Å². The van der Waals surface area contributed by atoms with Crippen molar-refractivity contribution in [3.8, 4) is 0 Å². The molecule has 6 nitrogen and oxygen atoms in total.